The molecule has 0 radical (unpaired) electrons. The molecular formula is C60H40N2S. The fraction of sp³-hybridized carbons (Fsp3) is 0. The Morgan fingerprint density at radius 3 is 1.40 bits per heavy atom. The topological polar surface area (TPSA) is 9.86 Å². The van der Waals surface area contributed by atoms with Crippen LogP contribution in [0, 0.1) is 0 Å². The van der Waals surface area contributed by atoms with Crippen molar-refractivity contribution in [2.24, 2.45) is 0 Å². The van der Waals surface area contributed by atoms with Gasteiger partial charge in [-0.25, -0.2) is 0 Å². The second-order valence-electron chi connectivity index (χ2n) is 16.5. The Morgan fingerprint density at radius 2 is 0.762 bits per heavy atom. The van der Waals surface area contributed by atoms with Gasteiger partial charge in [0.1, 0.15) is 0 Å². The maximum Gasteiger partial charge on any atom is 0.0673 e. The van der Waals surface area contributed by atoms with Crippen LogP contribution in [0.15, 0.2) is 262 Å². The largest absolute Gasteiger partial charge is 0.309 e. The van der Waals surface area contributed by atoms with Crippen LogP contribution in [-0.4, -0.2) is 9.13 Å². The summed E-state index contributed by atoms with van der Waals surface area (Å²) in [6, 6.07) is 90.4. The Labute approximate surface area is 367 Å². The monoisotopic (exact) mass is 820 g/mol. The first kappa shape index (κ1) is 35.9. The standard InChI is InChI=1S/C60H40N2S/c1-5-18-41(19-6-1)44-24-17-27-49(36-44)63(48-25-11-4-12-26-48)58-31-16-15-30-57(58)62-54-29-14-13-28-50(54)53-39-47(40-59(63)60(53)62)61-55-34-32-45(42-20-7-2-8-21-42)37-51(55)52-38-46(33-35-56(52)61)43-22-9-3-10-23-43/h1-40H. The molecule has 2 aromatic heterocycles. The Hall–Kier alpha value is -7.85. The summed E-state index contributed by atoms with van der Waals surface area (Å²) in [5, 5.41) is 4.99. The molecular weight excluding hydrogens is 781 g/mol. The van der Waals surface area contributed by atoms with Crippen LogP contribution in [0.5, 0.6) is 0 Å². The van der Waals surface area contributed by atoms with Crippen LogP contribution in [0.3, 0.4) is 0 Å². The molecule has 2 nitrogen and oxygen atoms in total. The fourth-order valence-electron chi connectivity index (χ4n) is 10.4. The summed E-state index contributed by atoms with van der Waals surface area (Å²) in [6.45, 7) is 0. The molecule has 1 unspecified atom stereocenters. The van der Waals surface area contributed by atoms with Crippen molar-refractivity contribution in [2.75, 3.05) is 0 Å². The quantitative estimate of drug-likeness (QED) is 0.158. The molecule has 3 heterocycles. The smallest absolute Gasteiger partial charge is 0.0673 e. The van der Waals surface area contributed by atoms with Crippen molar-refractivity contribution in [3.8, 4) is 44.8 Å². The van der Waals surface area contributed by atoms with E-state index in [0.29, 0.717) is 0 Å². The van der Waals surface area contributed by atoms with E-state index in [0.717, 1.165) is 5.69 Å². The molecule has 1 aliphatic rings. The molecule has 1 atom stereocenters. The highest BCUT2D eigenvalue weighted by atomic mass is 32.3. The molecule has 12 aromatic rings. The van der Waals surface area contributed by atoms with E-state index in [1.807, 2.05) is 0 Å². The normalized spacial score (nSPS) is 15.4. The molecule has 0 aliphatic carbocycles. The third-order valence-electron chi connectivity index (χ3n) is 13.1. The van der Waals surface area contributed by atoms with Crippen LogP contribution in [0.2, 0.25) is 0 Å². The van der Waals surface area contributed by atoms with Gasteiger partial charge in [0, 0.05) is 46.8 Å². The van der Waals surface area contributed by atoms with Gasteiger partial charge < -0.3 is 9.13 Å². The Balaban J connectivity index is 1.18. The molecule has 0 N–H and O–H groups in total. The minimum absolute atomic E-state index is 1.16. The van der Waals surface area contributed by atoms with Gasteiger partial charge in [0.15, 0.2) is 0 Å². The Morgan fingerprint density at radius 1 is 0.270 bits per heavy atom. The highest BCUT2D eigenvalue weighted by Gasteiger charge is 2.42. The van der Waals surface area contributed by atoms with Crippen molar-refractivity contribution in [1.82, 2.24) is 9.13 Å². The first-order valence-corrected chi connectivity index (χ1v) is 23.3. The highest BCUT2D eigenvalue weighted by Crippen LogP contribution is 2.78. The van der Waals surface area contributed by atoms with Gasteiger partial charge in [-0.15, -0.1) is 10.0 Å². The molecule has 0 spiro atoms. The molecule has 1 aliphatic heterocycles. The molecule has 10 aromatic carbocycles. The lowest BCUT2D eigenvalue weighted by molar-refractivity contribution is 1.06. The number of aromatic nitrogens is 2. The Bertz CT molecular complexity index is 3620. The van der Waals surface area contributed by atoms with E-state index in [1.165, 1.54) is 102 Å². The highest BCUT2D eigenvalue weighted by molar-refractivity contribution is 8.34. The number of para-hydroxylation sites is 2. The average molecular weight is 821 g/mol. The number of hydrogen-bond donors (Lipinski definition) is 0. The number of hydrogen-bond acceptors (Lipinski definition) is 0. The maximum atomic E-state index is 2.56. The summed E-state index contributed by atoms with van der Waals surface area (Å²) in [5.74, 6) is 0. The average Bonchev–Trinajstić information content (AvgIpc) is 3.88. The zero-order chi connectivity index (χ0) is 41.5. The maximum absolute atomic E-state index is 2.56. The molecule has 0 saturated carbocycles. The van der Waals surface area contributed by atoms with Crippen molar-refractivity contribution in [1.29, 1.82) is 0 Å². The first-order chi connectivity index (χ1) is 31.3. The van der Waals surface area contributed by atoms with E-state index in [-0.39, 0.29) is 0 Å². The van der Waals surface area contributed by atoms with Gasteiger partial charge in [-0.05, 0) is 112 Å². The number of nitrogens with zero attached hydrogens (tertiary/aromatic N) is 2. The predicted molar refractivity (Wildman–Crippen MR) is 265 cm³/mol. The predicted octanol–water partition coefficient (Wildman–Crippen LogP) is 16.5. The molecule has 296 valence electrons. The molecule has 63 heavy (non-hydrogen) atoms. The second-order valence-corrected chi connectivity index (χ2v) is 19.6. The minimum atomic E-state index is -2.10. The third kappa shape index (κ3) is 5.33. The van der Waals surface area contributed by atoms with E-state index in [4.69, 9.17) is 0 Å². The van der Waals surface area contributed by atoms with Gasteiger partial charge in [-0.1, -0.05) is 164 Å². The van der Waals surface area contributed by atoms with Gasteiger partial charge in [-0.3, -0.25) is 0 Å². The van der Waals surface area contributed by atoms with Crippen LogP contribution in [0.1, 0.15) is 0 Å². The molecule has 13 rings (SSSR count). The second kappa shape index (κ2) is 14.1. The van der Waals surface area contributed by atoms with Gasteiger partial charge in [0.2, 0.25) is 0 Å². The molecule has 0 fully saturated rings. The summed E-state index contributed by atoms with van der Waals surface area (Å²) in [6.07, 6.45) is 0. The van der Waals surface area contributed by atoms with E-state index in [2.05, 4.69) is 252 Å². The fourth-order valence-corrected chi connectivity index (χ4v) is 14.6. The molecule has 0 saturated heterocycles. The van der Waals surface area contributed by atoms with E-state index < -0.39 is 10.0 Å². The minimum Gasteiger partial charge on any atom is -0.309 e. The van der Waals surface area contributed by atoms with Crippen LogP contribution < -0.4 is 0 Å². The lowest BCUT2D eigenvalue weighted by atomic mass is 10.0. The number of rotatable bonds is 6. The SMILES string of the molecule is c1ccc(-c2cccc(S3(c4ccccc4)c4ccccc4-n4c5ccccc5c5cc(-n6c7ccc(-c8ccccc8)cc7c7cc(-c8ccccc8)ccc76)cc3c54)c2)cc1. The Kier molecular flexibility index (Phi) is 8.03. The zero-order valence-corrected chi connectivity index (χ0v) is 35.2. The lowest BCUT2D eigenvalue weighted by Gasteiger charge is -2.46. The molecule has 0 amide bonds. The summed E-state index contributed by atoms with van der Waals surface area (Å²) < 4.78 is 5.09. The van der Waals surface area contributed by atoms with E-state index in [9.17, 15) is 0 Å². The zero-order valence-electron chi connectivity index (χ0n) is 34.4. The van der Waals surface area contributed by atoms with Crippen molar-refractivity contribution >= 4 is 53.6 Å². The van der Waals surface area contributed by atoms with Crippen molar-refractivity contribution in [2.45, 2.75) is 19.6 Å². The van der Waals surface area contributed by atoms with Gasteiger partial charge >= 0.3 is 0 Å². The molecule has 0 bridgehead atoms. The summed E-state index contributed by atoms with van der Waals surface area (Å²) in [5.41, 5.74) is 14.6. The number of fused-ring (bicyclic) bond motifs is 8. The van der Waals surface area contributed by atoms with Gasteiger partial charge in [-0.2, -0.15) is 0 Å². The third-order valence-corrected chi connectivity index (χ3v) is 17.0. The van der Waals surface area contributed by atoms with Crippen LogP contribution in [-0.2, 0) is 0 Å². The van der Waals surface area contributed by atoms with Crippen molar-refractivity contribution in [3.63, 3.8) is 0 Å². The van der Waals surface area contributed by atoms with Gasteiger partial charge in [0.05, 0.1) is 27.8 Å². The van der Waals surface area contributed by atoms with Gasteiger partial charge in [0.25, 0.3) is 0 Å². The summed E-state index contributed by atoms with van der Waals surface area (Å²) >= 11 is 0. The van der Waals surface area contributed by atoms with Crippen LogP contribution >= 0.6 is 10.0 Å². The van der Waals surface area contributed by atoms with Crippen LogP contribution in [0.25, 0.3) is 88.4 Å². The van der Waals surface area contributed by atoms with Crippen molar-refractivity contribution < 1.29 is 0 Å². The number of benzene rings is 10. The lowest BCUT2D eigenvalue weighted by Crippen LogP contribution is -2.15. The van der Waals surface area contributed by atoms with Crippen LogP contribution in [0.4, 0.5) is 0 Å². The first-order valence-electron chi connectivity index (χ1n) is 21.7. The summed E-state index contributed by atoms with van der Waals surface area (Å²) in [7, 11) is -2.10. The summed E-state index contributed by atoms with van der Waals surface area (Å²) in [4.78, 5) is 5.33. The van der Waals surface area contributed by atoms with E-state index >= 15 is 0 Å². The van der Waals surface area contributed by atoms with E-state index in [1.54, 1.807) is 0 Å². The van der Waals surface area contributed by atoms with Crippen molar-refractivity contribution in [3.05, 3.63) is 243 Å². The molecule has 3 heteroatoms.